The number of ether oxygens (including phenoxy) is 1. The van der Waals surface area contributed by atoms with Gasteiger partial charge in [0.2, 0.25) is 0 Å². The number of nitrogens with zero attached hydrogens (tertiary/aromatic N) is 2. The number of aryl methyl sites for hydroxylation is 1. The molecule has 0 bridgehead atoms. The molecule has 3 rings (SSSR count). The molecule has 1 unspecified atom stereocenters. The minimum Gasteiger partial charge on any atom is -0.484 e. The summed E-state index contributed by atoms with van der Waals surface area (Å²) in [6, 6.07) is 21.4. The predicted molar refractivity (Wildman–Crippen MR) is 116 cm³/mol. The molecule has 3 aromatic rings. The number of benzene rings is 2. The molecule has 2 aromatic carbocycles. The number of pyridine rings is 1. The first kappa shape index (κ1) is 20.6. The predicted octanol–water partition coefficient (Wildman–Crippen LogP) is 5.14. The molecule has 1 heterocycles. The normalized spacial score (nSPS) is 11.9. The van der Waals surface area contributed by atoms with Gasteiger partial charge >= 0.3 is 0 Å². The second-order valence-electron chi connectivity index (χ2n) is 7.53. The van der Waals surface area contributed by atoms with Gasteiger partial charge < -0.3 is 9.64 Å². The van der Waals surface area contributed by atoms with Crippen molar-refractivity contribution in [3.63, 3.8) is 0 Å². The molecule has 4 heteroatoms. The van der Waals surface area contributed by atoms with Crippen LogP contribution in [0.5, 0.6) is 5.75 Å². The highest BCUT2D eigenvalue weighted by Gasteiger charge is 2.24. The Hall–Kier alpha value is -3.14. The highest BCUT2D eigenvalue weighted by atomic mass is 16.5. The first-order valence-electron chi connectivity index (χ1n) is 9.92. The topological polar surface area (TPSA) is 42.4 Å². The molecule has 0 radical (unpaired) electrons. The van der Waals surface area contributed by atoms with Gasteiger partial charge in [0.05, 0.1) is 11.7 Å². The molecule has 1 atom stereocenters. The summed E-state index contributed by atoms with van der Waals surface area (Å²) < 4.78 is 5.81. The van der Waals surface area contributed by atoms with E-state index in [1.807, 2.05) is 60.7 Å². The van der Waals surface area contributed by atoms with Gasteiger partial charge in [-0.1, -0.05) is 56.3 Å². The average molecular weight is 389 g/mol. The fourth-order valence-electron chi connectivity index (χ4n) is 3.54. The number of carbonyl (C=O) groups is 1. The lowest BCUT2D eigenvalue weighted by molar-refractivity contribution is -0.133. The molecule has 0 aliphatic carbocycles. The Labute approximate surface area is 173 Å². The molecule has 150 valence electrons. The summed E-state index contributed by atoms with van der Waals surface area (Å²) in [6.45, 7) is 6.39. The molecule has 1 aromatic heterocycles. The third kappa shape index (κ3) is 5.02. The molecule has 0 saturated heterocycles. The zero-order valence-electron chi connectivity index (χ0n) is 17.5. The van der Waals surface area contributed by atoms with Gasteiger partial charge in [0.1, 0.15) is 5.75 Å². The molecule has 1 amide bonds. The van der Waals surface area contributed by atoms with Crippen LogP contribution in [0.2, 0.25) is 0 Å². The van der Waals surface area contributed by atoms with E-state index in [2.05, 4.69) is 31.8 Å². The van der Waals surface area contributed by atoms with Crippen LogP contribution < -0.4 is 4.74 Å². The van der Waals surface area contributed by atoms with E-state index in [0.29, 0.717) is 11.7 Å². The van der Waals surface area contributed by atoms with Gasteiger partial charge in [-0.2, -0.15) is 0 Å². The number of hydrogen-bond donors (Lipinski definition) is 0. The number of amides is 1. The standard InChI is InChI=1S/C25H28N2O2/c1-18(2)22-14-13-21(16-19(22)3)29-17-24(28)27(4)25(20-10-6-5-7-11-20)23-12-8-9-15-26-23/h5-16,18,25H,17H2,1-4H3. The van der Waals surface area contributed by atoms with Gasteiger partial charge in [-0.25, -0.2) is 0 Å². The van der Waals surface area contributed by atoms with E-state index in [0.717, 1.165) is 11.3 Å². The monoisotopic (exact) mass is 388 g/mol. The van der Waals surface area contributed by atoms with E-state index in [9.17, 15) is 4.79 Å². The Morgan fingerprint density at radius 2 is 1.76 bits per heavy atom. The average Bonchev–Trinajstić information content (AvgIpc) is 2.73. The van der Waals surface area contributed by atoms with Gasteiger partial charge in [-0.3, -0.25) is 9.78 Å². The summed E-state index contributed by atoms with van der Waals surface area (Å²) in [5.74, 6) is 1.07. The van der Waals surface area contributed by atoms with Crippen molar-refractivity contribution in [2.45, 2.75) is 32.7 Å². The van der Waals surface area contributed by atoms with Crippen LogP contribution in [-0.4, -0.2) is 29.4 Å². The van der Waals surface area contributed by atoms with Crippen LogP contribution in [0, 0.1) is 6.92 Å². The van der Waals surface area contributed by atoms with Gasteiger partial charge in [-0.05, 0) is 53.8 Å². The summed E-state index contributed by atoms with van der Waals surface area (Å²) >= 11 is 0. The van der Waals surface area contributed by atoms with Crippen LogP contribution >= 0.6 is 0 Å². The zero-order valence-corrected chi connectivity index (χ0v) is 17.5. The van der Waals surface area contributed by atoms with Crippen molar-refractivity contribution in [3.05, 3.63) is 95.3 Å². The maximum Gasteiger partial charge on any atom is 0.261 e. The van der Waals surface area contributed by atoms with Crippen molar-refractivity contribution in [3.8, 4) is 5.75 Å². The number of aromatic nitrogens is 1. The Kier molecular flexibility index (Phi) is 6.65. The highest BCUT2D eigenvalue weighted by Crippen LogP contribution is 2.27. The third-order valence-electron chi connectivity index (χ3n) is 5.09. The minimum atomic E-state index is -0.265. The lowest BCUT2D eigenvalue weighted by atomic mass is 9.98. The summed E-state index contributed by atoms with van der Waals surface area (Å²) in [7, 11) is 1.80. The van der Waals surface area contributed by atoms with Crippen LogP contribution in [0.1, 0.15) is 48.2 Å². The van der Waals surface area contributed by atoms with Crippen molar-refractivity contribution in [1.29, 1.82) is 0 Å². The second-order valence-corrected chi connectivity index (χ2v) is 7.53. The van der Waals surface area contributed by atoms with E-state index in [4.69, 9.17) is 4.74 Å². The molecule has 29 heavy (non-hydrogen) atoms. The highest BCUT2D eigenvalue weighted by molar-refractivity contribution is 5.78. The minimum absolute atomic E-state index is 0.0207. The fourth-order valence-corrected chi connectivity index (χ4v) is 3.54. The summed E-state index contributed by atoms with van der Waals surface area (Å²) in [4.78, 5) is 19.1. The van der Waals surface area contributed by atoms with E-state index in [1.54, 1.807) is 18.1 Å². The summed E-state index contributed by atoms with van der Waals surface area (Å²) in [5, 5.41) is 0. The van der Waals surface area contributed by atoms with Gasteiger partial charge in [0.15, 0.2) is 6.61 Å². The first-order valence-corrected chi connectivity index (χ1v) is 9.92. The van der Waals surface area contributed by atoms with Crippen molar-refractivity contribution >= 4 is 5.91 Å². The molecule has 0 aliphatic rings. The Morgan fingerprint density at radius 3 is 2.38 bits per heavy atom. The third-order valence-corrected chi connectivity index (χ3v) is 5.09. The first-order chi connectivity index (χ1) is 14.0. The van der Waals surface area contributed by atoms with Crippen LogP contribution in [0.15, 0.2) is 72.9 Å². The van der Waals surface area contributed by atoms with E-state index in [-0.39, 0.29) is 18.6 Å². The lowest BCUT2D eigenvalue weighted by Crippen LogP contribution is -2.35. The molecule has 0 saturated carbocycles. The molecule has 4 nitrogen and oxygen atoms in total. The van der Waals surface area contributed by atoms with E-state index in [1.165, 1.54) is 11.1 Å². The molecule has 0 N–H and O–H groups in total. The zero-order chi connectivity index (χ0) is 20.8. The van der Waals surface area contributed by atoms with Crippen molar-refractivity contribution < 1.29 is 9.53 Å². The molecular formula is C25H28N2O2. The largest absolute Gasteiger partial charge is 0.484 e. The number of hydrogen-bond acceptors (Lipinski definition) is 3. The maximum atomic E-state index is 12.9. The molecule has 0 fully saturated rings. The molecule has 0 spiro atoms. The SMILES string of the molecule is Cc1cc(OCC(=O)N(C)C(c2ccccc2)c2ccccn2)ccc1C(C)C. The van der Waals surface area contributed by atoms with Crippen LogP contribution in [-0.2, 0) is 4.79 Å². The number of carbonyl (C=O) groups excluding carboxylic acids is 1. The van der Waals surface area contributed by atoms with Crippen molar-refractivity contribution in [1.82, 2.24) is 9.88 Å². The molecule has 0 aliphatic heterocycles. The van der Waals surface area contributed by atoms with Gasteiger partial charge in [0, 0.05) is 13.2 Å². The number of rotatable bonds is 7. The lowest BCUT2D eigenvalue weighted by Gasteiger charge is -2.28. The van der Waals surface area contributed by atoms with Gasteiger partial charge in [-0.15, -0.1) is 0 Å². The Bertz CT molecular complexity index is 900. The smallest absolute Gasteiger partial charge is 0.261 e. The van der Waals surface area contributed by atoms with Crippen molar-refractivity contribution in [2.24, 2.45) is 0 Å². The Morgan fingerprint density at radius 1 is 1.03 bits per heavy atom. The fraction of sp³-hybridized carbons (Fsp3) is 0.280. The molecular weight excluding hydrogens is 360 g/mol. The van der Waals surface area contributed by atoms with Crippen molar-refractivity contribution in [2.75, 3.05) is 13.7 Å². The van der Waals surface area contributed by atoms with Crippen LogP contribution in [0.25, 0.3) is 0 Å². The van der Waals surface area contributed by atoms with Gasteiger partial charge in [0.25, 0.3) is 5.91 Å². The van der Waals surface area contributed by atoms with Crippen LogP contribution in [0.3, 0.4) is 0 Å². The van der Waals surface area contributed by atoms with E-state index < -0.39 is 0 Å². The number of likely N-dealkylation sites (N-methyl/N-ethyl adjacent to an activating group) is 1. The summed E-state index contributed by atoms with van der Waals surface area (Å²) in [5.41, 5.74) is 4.31. The second kappa shape index (κ2) is 9.37. The van der Waals surface area contributed by atoms with E-state index >= 15 is 0 Å². The maximum absolute atomic E-state index is 12.9. The quantitative estimate of drug-likeness (QED) is 0.563. The summed E-state index contributed by atoms with van der Waals surface area (Å²) in [6.07, 6.45) is 1.75. The van der Waals surface area contributed by atoms with Crippen LogP contribution in [0.4, 0.5) is 0 Å². The Balaban J connectivity index is 1.75.